The second-order valence-corrected chi connectivity index (χ2v) is 8.05. The molecule has 2 unspecified atom stereocenters. The lowest BCUT2D eigenvalue weighted by Gasteiger charge is -2.34. The summed E-state index contributed by atoms with van der Waals surface area (Å²) in [6, 6.07) is 10.2. The molecule has 6 nitrogen and oxygen atoms in total. The first-order valence-electron chi connectivity index (χ1n) is 9.47. The zero-order valence-corrected chi connectivity index (χ0v) is 17.7. The highest BCUT2D eigenvalue weighted by Gasteiger charge is 2.39. The largest absolute Gasteiger partial charge is 0.392 e. The van der Waals surface area contributed by atoms with Crippen molar-refractivity contribution in [2.45, 2.75) is 24.9 Å². The molecule has 29 heavy (non-hydrogen) atoms. The van der Waals surface area contributed by atoms with Gasteiger partial charge in [-0.3, -0.25) is 0 Å². The summed E-state index contributed by atoms with van der Waals surface area (Å²) < 4.78 is 18.8. The molecule has 1 aromatic heterocycles. The summed E-state index contributed by atoms with van der Waals surface area (Å²) in [6.45, 7) is 5.22. The van der Waals surface area contributed by atoms with Crippen molar-refractivity contribution < 1.29 is 14.2 Å². The second kappa shape index (κ2) is 9.02. The van der Waals surface area contributed by atoms with Gasteiger partial charge >= 0.3 is 0 Å². The molecule has 8 heteroatoms. The van der Waals surface area contributed by atoms with Crippen LogP contribution in [0.4, 0.5) is 10.2 Å². The van der Waals surface area contributed by atoms with E-state index in [9.17, 15) is 9.50 Å². The quantitative estimate of drug-likeness (QED) is 0.494. The van der Waals surface area contributed by atoms with E-state index in [4.69, 9.17) is 17.4 Å². The third-order valence-corrected chi connectivity index (χ3v) is 5.01. The van der Waals surface area contributed by atoms with Crippen molar-refractivity contribution >= 4 is 29.8 Å². The number of pyridine rings is 1. The summed E-state index contributed by atoms with van der Waals surface area (Å²) in [7, 11) is 1.66. The maximum atomic E-state index is 13.5. The number of aromatic nitrogens is 1. The van der Waals surface area contributed by atoms with E-state index in [1.165, 1.54) is 12.1 Å². The Morgan fingerprint density at radius 3 is 2.69 bits per heavy atom. The Labute approximate surface area is 176 Å². The van der Waals surface area contributed by atoms with Gasteiger partial charge in [-0.1, -0.05) is 0 Å². The van der Waals surface area contributed by atoms with Gasteiger partial charge in [0.1, 0.15) is 11.6 Å². The number of nitrogens with one attached hydrogen (secondary N) is 2. The van der Waals surface area contributed by atoms with Gasteiger partial charge in [-0.25, -0.2) is 9.37 Å². The lowest BCUT2D eigenvalue weighted by Crippen LogP contribution is -2.46. The molecule has 2 aromatic rings. The third-order valence-electron chi connectivity index (χ3n) is 4.66. The lowest BCUT2D eigenvalue weighted by atomic mass is 10.1. The summed E-state index contributed by atoms with van der Waals surface area (Å²) >= 11 is 4.83. The van der Waals surface area contributed by atoms with E-state index in [0.29, 0.717) is 25.5 Å². The van der Waals surface area contributed by atoms with Crippen LogP contribution in [0.25, 0.3) is 11.4 Å². The highest BCUT2D eigenvalue weighted by molar-refractivity contribution is 7.81. The number of aliphatic hydroxyl groups is 1. The van der Waals surface area contributed by atoms with Crippen LogP contribution in [0.1, 0.15) is 25.0 Å². The van der Waals surface area contributed by atoms with Crippen LogP contribution in [0.3, 0.4) is 0 Å². The molecule has 3 N–H and O–H groups in total. The van der Waals surface area contributed by atoms with Gasteiger partial charge in [0.15, 0.2) is 4.99 Å². The molecule has 0 amide bonds. The minimum Gasteiger partial charge on any atom is -0.392 e. The number of nitrogens with zero attached hydrogens (tertiary/aromatic N) is 2. The van der Waals surface area contributed by atoms with E-state index >= 15 is 0 Å². The van der Waals surface area contributed by atoms with E-state index in [1.54, 1.807) is 32.4 Å². The van der Waals surface area contributed by atoms with Crippen molar-refractivity contribution in [2.24, 2.45) is 0 Å². The van der Waals surface area contributed by atoms with Gasteiger partial charge in [-0.05, 0) is 50.2 Å². The van der Waals surface area contributed by atoms with E-state index in [0.717, 1.165) is 22.5 Å². The molecule has 1 aromatic carbocycles. The summed E-state index contributed by atoms with van der Waals surface area (Å²) in [5.74, 6) is 0.376. The van der Waals surface area contributed by atoms with E-state index in [1.807, 2.05) is 19.1 Å². The molecule has 0 bridgehead atoms. The van der Waals surface area contributed by atoms with Gasteiger partial charge in [0.05, 0.1) is 24.1 Å². The Morgan fingerprint density at radius 2 is 2.03 bits per heavy atom. The monoisotopic (exact) mass is 418 g/mol. The fraction of sp³-hybridized carbons (Fsp3) is 0.381. The molecule has 0 saturated heterocycles. The van der Waals surface area contributed by atoms with Crippen LogP contribution in [0.5, 0.6) is 0 Å². The molecular formula is C21H27FN4O2S. The van der Waals surface area contributed by atoms with Gasteiger partial charge in [-0.15, -0.1) is 12.6 Å². The van der Waals surface area contributed by atoms with Crippen molar-refractivity contribution in [2.75, 3.05) is 32.1 Å². The molecule has 0 aliphatic carbocycles. The number of ether oxygens (including phenoxy) is 1. The summed E-state index contributed by atoms with van der Waals surface area (Å²) in [4.78, 5) is 5.80. The molecule has 0 fully saturated rings. The lowest BCUT2D eigenvalue weighted by molar-refractivity contribution is 0.153. The van der Waals surface area contributed by atoms with Gasteiger partial charge in [0.25, 0.3) is 0 Å². The van der Waals surface area contributed by atoms with Crippen molar-refractivity contribution in [3.63, 3.8) is 0 Å². The number of methoxy groups -OCH3 is 1. The summed E-state index contributed by atoms with van der Waals surface area (Å²) in [5, 5.41) is 16.1. The zero-order valence-electron chi connectivity index (χ0n) is 16.8. The first-order valence-corrected chi connectivity index (χ1v) is 9.92. The van der Waals surface area contributed by atoms with Crippen LogP contribution in [-0.4, -0.2) is 52.9 Å². The number of halogens is 1. The van der Waals surface area contributed by atoms with Crippen LogP contribution >= 0.6 is 12.6 Å². The minimum atomic E-state index is -0.659. The Balaban J connectivity index is 2.07. The van der Waals surface area contributed by atoms with E-state index in [-0.39, 0.29) is 5.82 Å². The molecule has 3 rings (SSSR count). The Kier molecular flexibility index (Phi) is 6.66. The van der Waals surface area contributed by atoms with Crippen LogP contribution in [0.2, 0.25) is 0 Å². The number of benzene rings is 1. The van der Waals surface area contributed by atoms with Gasteiger partial charge in [0.2, 0.25) is 0 Å². The molecular weight excluding hydrogens is 391 g/mol. The molecule has 0 saturated carbocycles. The van der Waals surface area contributed by atoms with Crippen molar-refractivity contribution in [3.05, 3.63) is 59.5 Å². The maximum absolute atomic E-state index is 13.5. The first-order chi connectivity index (χ1) is 13.8. The van der Waals surface area contributed by atoms with Crippen LogP contribution in [-0.2, 0) is 4.74 Å². The average molecular weight is 419 g/mol. The van der Waals surface area contributed by atoms with Crippen molar-refractivity contribution in [1.82, 2.24) is 15.2 Å². The smallest absolute Gasteiger partial charge is 0.153 e. The van der Waals surface area contributed by atoms with Crippen molar-refractivity contribution in [3.8, 4) is 0 Å². The fourth-order valence-corrected chi connectivity index (χ4v) is 3.59. The Hall–Kier alpha value is -2.29. The number of rotatable bonds is 8. The van der Waals surface area contributed by atoms with Crippen molar-refractivity contribution in [1.29, 1.82) is 0 Å². The fourth-order valence-electron chi connectivity index (χ4n) is 3.28. The maximum Gasteiger partial charge on any atom is 0.153 e. The number of hydrogen-bond acceptors (Lipinski definition) is 7. The zero-order chi connectivity index (χ0) is 21.0. The first kappa shape index (κ1) is 21.4. The third kappa shape index (κ3) is 5.01. The average Bonchev–Trinajstić information content (AvgIpc) is 2.96. The summed E-state index contributed by atoms with van der Waals surface area (Å²) in [6.07, 6.45) is 1.24. The molecule has 2 atom stereocenters. The highest BCUT2D eigenvalue weighted by atomic mass is 32.1. The van der Waals surface area contributed by atoms with Gasteiger partial charge < -0.3 is 25.4 Å². The molecule has 1 aliphatic rings. The Morgan fingerprint density at radius 1 is 1.31 bits per heavy atom. The predicted octanol–water partition coefficient (Wildman–Crippen LogP) is 2.99. The number of anilines is 1. The number of thiol groups is 1. The predicted molar refractivity (Wildman–Crippen MR) is 117 cm³/mol. The molecule has 1 aliphatic heterocycles. The standard InChI is InChI=1S/C21H27FN4O2S/c1-14(27)13-24-18-12-16(8-9-23-18)20-19(15-4-6-17(22)7-5-15)25-21(2,29)26(20)10-11-28-3/h4-9,12,14,25,27,29H,10-11,13H2,1-3H3,(H,23,24). The van der Waals surface area contributed by atoms with Crippen LogP contribution in [0, 0.1) is 5.82 Å². The molecule has 0 spiro atoms. The Bertz CT molecular complexity index is 871. The molecule has 0 radical (unpaired) electrons. The summed E-state index contributed by atoms with van der Waals surface area (Å²) in [5.41, 5.74) is 3.56. The number of aliphatic hydroxyl groups excluding tert-OH is 1. The molecule has 2 heterocycles. The van der Waals surface area contributed by atoms with Crippen LogP contribution in [0.15, 0.2) is 42.6 Å². The van der Waals surface area contributed by atoms with Gasteiger partial charge in [-0.2, -0.15) is 0 Å². The van der Waals surface area contributed by atoms with E-state index in [2.05, 4.69) is 20.5 Å². The molecule has 156 valence electrons. The van der Waals surface area contributed by atoms with E-state index < -0.39 is 11.1 Å². The highest BCUT2D eigenvalue weighted by Crippen LogP contribution is 2.41. The topological polar surface area (TPSA) is 69.7 Å². The SMILES string of the molecule is COCCN1C(c2ccnc(NCC(C)O)c2)=C(c2ccc(F)cc2)NC1(C)S. The number of hydrogen-bond donors (Lipinski definition) is 4. The van der Waals surface area contributed by atoms with Crippen LogP contribution < -0.4 is 10.6 Å². The second-order valence-electron chi connectivity index (χ2n) is 7.18. The minimum absolute atomic E-state index is 0.285. The van der Waals surface area contributed by atoms with Gasteiger partial charge in [0, 0.05) is 37.5 Å². The normalized spacial score (nSPS) is 20.0.